The first kappa shape index (κ1) is 17.8. The van der Waals surface area contributed by atoms with Crippen molar-refractivity contribution >= 4 is 17.4 Å². The molecule has 0 unspecified atom stereocenters. The van der Waals surface area contributed by atoms with Crippen LogP contribution in [0.2, 0.25) is 0 Å². The van der Waals surface area contributed by atoms with Crippen LogP contribution in [0.1, 0.15) is 32.8 Å². The summed E-state index contributed by atoms with van der Waals surface area (Å²) in [6.07, 6.45) is 3.02. The molecule has 0 amide bonds. The Hall–Kier alpha value is -1.27. The van der Waals surface area contributed by atoms with Gasteiger partial charge in [-0.15, -0.1) is 0 Å². The number of benzene rings is 1. The number of nitrogens with zero attached hydrogens (tertiary/aromatic N) is 1. The molecule has 0 aliphatic carbocycles. The normalized spacial score (nSPS) is 11.4. The summed E-state index contributed by atoms with van der Waals surface area (Å²) in [6, 6.07) is 4.77. The number of hydrogen-bond acceptors (Lipinski definition) is 5. The van der Waals surface area contributed by atoms with Crippen molar-refractivity contribution in [2.45, 2.75) is 39.3 Å². The first-order chi connectivity index (χ1) is 9.83. The Morgan fingerprint density at radius 3 is 2.67 bits per heavy atom. The summed E-state index contributed by atoms with van der Waals surface area (Å²) in [7, 11) is 0. The number of non-ortho nitro benzene ring substituents is 1. The van der Waals surface area contributed by atoms with Crippen LogP contribution in [-0.2, 0) is 6.54 Å². The molecule has 0 spiro atoms. The first-order valence-electron chi connectivity index (χ1n) is 6.97. The molecule has 1 N–H and O–H groups in total. The quantitative estimate of drug-likeness (QED) is 0.451. The largest absolute Gasteiger partial charge is 0.493 e. The fourth-order valence-corrected chi connectivity index (χ4v) is 2.11. The van der Waals surface area contributed by atoms with Crippen LogP contribution in [0.5, 0.6) is 5.75 Å². The van der Waals surface area contributed by atoms with Gasteiger partial charge in [-0.1, -0.05) is 0 Å². The van der Waals surface area contributed by atoms with E-state index in [9.17, 15) is 10.1 Å². The third-order valence-electron chi connectivity index (χ3n) is 2.81. The van der Waals surface area contributed by atoms with Crippen LogP contribution in [0.25, 0.3) is 0 Å². The van der Waals surface area contributed by atoms with Crippen LogP contribution in [0, 0.1) is 10.1 Å². The molecule has 0 fully saturated rings. The molecule has 0 saturated carbocycles. The van der Waals surface area contributed by atoms with E-state index in [1.165, 1.54) is 6.07 Å². The van der Waals surface area contributed by atoms with E-state index in [-0.39, 0.29) is 16.1 Å². The molecule has 118 valence electrons. The zero-order valence-corrected chi connectivity index (χ0v) is 14.0. The molecular weight excluding hydrogens is 288 g/mol. The summed E-state index contributed by atoms with van der Waals surface area (Å²) < 4.78 is 5.76. The number of nitro groups is 1. The molecule has 0 atom stereocenters. The number of nitro benzene ring substituents is 1. The van der Waals surface area contributed by atoms with Gasteiger partial charge >= 0.3 is 0 Å². The Labute approximate surface area is 130 Å². The van der Waals surface area contributed by atoms with Gasteiger partial charge in [-0.25, -0.2) is 0 Å². The maximum absolute atomic E-state index is 10.9. The highest BCUT2D eigenvalue weighted by molar-refractivity contribution is 7.98. The number of rotatable bonds is 8. The van der Waals surface area contributed by atoms with Crippen molar-refractivity contribution in [1.29, 1.82) is 0 Å². The molecule has 0 aromatic heterocycles. The highest BCUT2D eigenvalue weighted by Crippen LogP contribution is 2.25. The van der Waals surface area contributed by atoms with E-state index in [4.69, 9.17) is 4.74 Å². The van der Waals surface area contributed by atoms with Gasteiger partial charge in [0, 0.05) is 29.8 Å². The van der Waals surface area contributed by atoms with E-state index in [0.29, 0.717) is 13.2 Å². The van der Waals surface area contributed by atoms with Gasteiger partial charge in [-0.3, -0.25) is 10.1 Å². The van der Waals surface area contributed by atoms with E-state index in [0.717, 1.165) is 23.5 Å². The van der Waals surface area contributed by atoms with Gasteiger partial charge in [0.2, 0.25) is 0 Å². The Balaban J connectivity index is 2.81. The van der Waals surface area contributed by atoms with Crippen molar-refractivity contribution in [2.24, 2.45) is 0 Å². The highest BCUT2D eigenvalue weighted by atomic mass is 32.2. The lowest BCUT2D eigenvalue weighted by Gasteiger charge is -2.21. The second-order valence-electron chi connectivity index (χ2n) is 5.85. The zero-order chi connectivity index (χ0) is 15.9. The summed E-state index contributed by atoms with van der Waals surface area (Å²) in [5.41, 5.74) is 0.862. The fraction of sp³-hybridized carbons (Fsp3) is 0.600. The summed E-state index contributed by atoms with van der Waals surface area (Å²) in [4.78, 5) is 10.5. The molecule has 0 radical (unpaired) electrons. The monoisotopic (exact) mass is 312 g/mol. The van der Waals surface area contributed by atoms with Crippen molar-refractivity contribution in [1.82, 2.24) is 5.32 Å². The number of ether oxygens (including phenoxy) is 1. The van der Waals surface area contributed by atoms with Gasteiger partial charge in [0.05, 0.1) is 11.5 Å². The average Bonchev–Trinajstić information content (AvgIpc) is 2.41. The average molecular weight is 312 g/mol. The molecule has 5 nitrogen and oxygen atoms in total. The smallest absolute Gasteiger partial charge is 0.270 e. The van der Waals surface area contributed by atoms with Crippen molar-refractivity contribution in [3.63, 3.8) is 0 Å². The third kappa shape index (κ3) is 6.82. The van der Waals surface area contributed by atoms with Crippen molar-refractivity contribution in [3.8, 4) is 5.75 Å². The summed E-state index contributed by atoms with van der Waals surface area (Å²) in [5, 5.41) is 14.2. The van der Waals surface area contributed by atoms with Crippen LogP contribution in [0.15, 0.2) is 18.2 Å². The minimum absolute atomic E-state index is 0.0548. The van der Waals surface area contributed by atoms with Crippen molar-refractivity contribution in [2.75, 3.05) is 18.6 Å². The van der Waals surface area contributed by atoms with Gasteiger partial charge in [-0.05, 0) is 45.3 Å². The van der Waals surface area contributed by atoms with Crippen LogP contribution < -0.4 is 10.1 Å². The minimum Gasteiger partial charge on any atom is -0.493 e. The highest BCUT2D eigenvalue weighted by Gasteiger charge is 2.15. The molecule has 21 heavy (non-hydrogen) atoms. The molecule has 0 saturated heterocycles. The van der Waals surface area contributed by atoms with Crippen LogP contribution >= 0.6 is 11.8 Å². The molecule has 0 bridgehead atoms. The van der Waals surface area contributed by atoms with Gasteiger partial charge in [0.15, 0.2) is 0 Å². The van der Waals surface area contributed by atoms with Crippen LogP contribution in [0.3, 0.4) is 0 Å². The van der Waals surface area contributed by atoms with E-state index in [2.05, 4.69) is 32.3 Å². The van der Waals surface area contributed by atoms with E-state index in [1.807, 2.05) is 0 Å². The maximum atomic E-state index is 10.9. The number of thioether (sulfide) groups is 1. The molecule has 0 heterocycles. The van der Waals surface area contributed by atoms with Gasteiger partial charge in [0.1, 0.15) is 5.75 Å². The maximum Gasteiger partial charge on any atom is 0.270 e. The SMILES string of the molecule is CSCCCOc1ccc([N+](=O)[O-])cc1CNC(C)(C)C. The van der Waals surface area contributed by atoms with Crippen molar-refractivity contribution < 1.29 is 9.66 Å². The molecular formula is C15H24N2O3S. The Bertz CT molecular complexity index is 472. The standard InChI is InChI=1S/C15H24N2O3S/c1-15(2,3)16-11-12-10-13(17(18)19)6-7-14(12)20-8-5-9-21-4/h6-7,10,16H,5,8-9,11H2,1-4H3. The summed E-state index contributed by atoms with van der Waals surface area (Å²) >= 11 is 1.78. The molecule has 1 rings (SSSR count). The van der Waals surface area contributed by atoms with Crippen LogP contribution in [-0.4, -0.2) is 29.1 Å². The second-order valence-corrected chi connectivity index (χ2v) is 6.83. The predicted octanol–water partition coefficient (Wildman–Crippen LogP) is 3.61. The third-order valence-corrected chi connectivity index (χ3v) is 3.51. The fourth-order valence-electron chi connectivity index (χ4n) is 1.70. The van der Waals surface area contributed by atoms with Gasteiger partial charge in [0.25, 0.3) is 5.69 Å². The molecule has 1 aromatic rings. The van der Waals surface area contributed by atoms with Gasteiger partial charge in [-0.2, -0.15) is 11.8 Å². The Morgan fingerprint density at radius 2 is 2.10 bits per heavy atom. The second kappa shape index (κ2) is 8.24. The van der Waals surface area contributed by atoms with E-state index < -0.39 is 0 Å². The Kier molecular flexibility index (Phi) is 6.98. The predicted molar refractivity (Wildman–Crippen MR) is 88.2 cm³/mol. The lowest BCUT2D eigenvalue weighted by Crippen LogP contribution is -2.35. The molecule has 0 aliphatic rings. The number of hydrogen-bond donors (Lipinski definition) is 1. The van der Waals surface area contributed by atoms with E-state index in [1.54, 1.807) is 23.9 Å². The topological polar surface area (TPSA) is 64.4 Å². The number of nitrogens with one attached hydrogen (secondary N) is 1. The minimum atomic E-state index is -0.377. The molecule has 0 aliphatic heterocycles. The molecule has 6 heteroatoms. The Morgan fingerprint density at radius 1 is 1.38 bits per heavy atom. The van der Waals surface area contributed by atoms with E-state index >= 15 is 0 Å². The molecule has 1 aromatic carbocycles. The van der Waals surface area contributed by atoms with Crippen LogP contribution in [0.4, 0.5) is 5.69 Å². The summed E-state index contributed by atoms with van der Waals surface area (Å²) in [6.45, 7) is 7.35. The lowest BCUT2D eigenvalue weighted by molar-refractivity contribution is -0.384. The van der Waals surface area contributed by atoms with Crippen molar-refractivity contribution in [3.05, 3.63) is 33.9 Å². The lowest BCUT2D eigenvalue weighted by atomic mass is 10.1. The zero-order valence-electron chi connectivity index (χ0n) is 13.1. The van der Waals surface area contributed by atoms with Gasteiger partial charge < -0.3 is 10.1 Å². The summed E-state index contributed by atoms with van der Waals surface area (Å²) in [5.74, 6) is 1.76. The first-order valence-corrected chi connectivity index (χ1v) is 8.37.